The topological polar surface area (TPSA) is 30.5 Å². The Morgan fingerprint density at radius 3 is 2.25 bits per heavy atom. The molecule has 0 aliphatic rings. The van der Waals surface area contributed by atoms with Gasteiger partial charge in [-0.25, -0.2) is 0 Å². The van der Waals surface area contributed by atoms with Crippen LogP contribution < -0.4 is 14.8 Å². The number of hydrogen-bond donors (Lipinski definition) is 1. The van der Waals surface area contributed by atoms with Crippen LogP contribution in [0.5, 0.6) is 11.5 Å². The summed E-state index contributed by atoms with van der Waals surface area (Å²) in [7, 11) is 0. The molecule has 0 unspecified atom stereocenters. The highest BCUT2D eigenvalue weighted by molar-refractivity contribution is 5.40. The molecule has 2 rings (SSSR count). The number of ether oxygens (including phenoxy) is 2. The zero-order chi connectivity index (χ0) is 17.2. The molecule has 3 heteroatoms. The van der Waals surface area contributed by atoms with E-state index in [1.165, 1.54) is 16.7 Å². The molecule has 0 heterocycles. The standard InChI is InChI=1S/C21H29NO2/c1-4-12-23-20-11-10-19(21(14-20)24-13-5-2)16-22-15-18-8-6-17(3)7-9-18/h6-11,14,22H,4-5,12-13,15-16H2,1-3H3. The van der Waals surface area contributed by atoms with Gasteiger partial charge in [0.15, 0.2) is 0 Å². The second-order valence-electron chi connectivity index (χ2n) is 6.06. The molecule has 0 radical (unpaired) electrons. The van der Waals surface area contributed by atoms with Crippen molar-refractivity contribution in [3.63, 3.8) is 0 Å². The third-order valence-electron chi connectivity index (χ3n) is 3.74. The molecule has 0 amide bonds. The average Bonchev–Trinajstić information content (AvgIpc) is 2.61. The van der Waals surface area contributed by atoms with Crippen molar-refractivity contribution in [1.29, 1.82) is 0 Å². The summed E-state index contributed by atoms with van der Waals surface area (Å²) in [5, 5.41) is 3.50. The fourth-order valence-electron chi connectivity index (χ4n) is 2.38. The molecule has 2 aromatic rings. The van der Waals surface area contributed by atoms with Gasteiger partial charge < -0.3 is 14.8 Å². The van der Waals surface area contributed by atoms with Gasteiger partial charge in [0.25, 0.3) is 0 Å². The lowest BCUT2D eigenvalue weighted by Crippen LogP contribution is -2.14. The van der Waals surface area contributed by atoms with E-state index < -0.39 is 0 Å². The maximum absolute atomic E-state index is 5.91. The summed E-state index contributed by atoms with van der Waals surface area (Å²) in [6.45, 7) is 9.42. The van der Waals surface area contributed by atoms with Crippen LogP contribution in [0, 0.1) is 6.92 Å². The lowest BCUT2D eigenvalue weighted by atomic mass is 10.1. The van der Waals surface area contributed by atoms with Crippen molar-refractivity contribution in [2.24, 2.45) is 0 Å². The van der Waals surface area contributed by atoms with E-state index in [9.17, 15) is 0 Å². The first kappa shape index (κ1) is 18.3. The van der Waals surface area contributed by atoms with Gasteiger partial charge >= 0.3 is 0 Å². The monoisotopic (exact) mass is 327 g/mol. The number of nitrogens with one attached hydrogen (secondary N) is 1. The molecular weight excluding hydrogens is 298 g/mol. The maximum atomic E-state index is 5.91. The van der Waals surface area contributed by atoms with Crippen molar-refractivity contribution in [2.75, 3.05) is 13.2 Å². The number of aryl methyl sites for hydroxylation is 1. The minimum atomic E-state index is 0.724. The molecule has 2 aromatic carbocycles. The molecular formula is C21H29NO2. The minimum absolute atomic E-state index is 0.724. The number of benzene rings is 2. The largest absolute Gasteiger partial charge is 0.493 e. The van der Waals surface area contributed by atoms with E-state index in [1.54, 1.807) is 0 Å². The first-order valence-electron chi connectivity index (χ1n) is 8.87. The van der Waals surface area contributed by atoms with Crippen LogP contribution in [0.15, 0.2) is 42.5 Å². The smallest absolute Gasteiger partial charge is 0.127 e. The second-order valence-corrected chi connectivity index (χ2v) is 6.06. The Morgan fingerprint density at radius 2 is 1.54 bits per heavy atom. The van der Waals surface area contributed by atoms with Gasteiger partial charge in [0, 0.05) is 24.7 Å². The predicted molar refractivity (Wildman–Crippen MR) is 99.7 cm³/mol. The van der Waals surface area contributed by atoms with E-state index in [1.807, 2.05) is 12.1 Å². The van der Waals surface area contributed by atoms with E-state index in [4.69, 9.17) is 9.47 Å². The summed E-state index contributed by atoms with van der Waals surface area (Å²) >= 11 is 0. The fraction of sp³-hybridized carbons (Fsp3) is 0.429. The van der Waals surface area contributed by atoms with Crippen LogP contribution in [0.4, 0.5) is 0 Å². The molecule has 1 N–H and O–H groups in total. The number of hydrogen-bond acceptors (Lipinski definition) is 3. The summed E-state index contributed by atoms with van der Waals surface area (Å²) in [4.78, 5) is 0. The fourth-order valence-corrected chi connectivity index (χ4v) is 2.38. The van der Waals surface area contributed by atoms with Gasteiger partial charge in [0.2, 0.25) is 0 Å². The molecule has 0 fully saturated rings. The molecule has 0 aromatic heterocycles. The first-order valence-corrected chi connectivity index (χ1v) is 8.87. The summed E-state index contributed by atoms with van der Waals surface area (Å²) in [5.74, 6) is 1.80. The lowest BCUT2D eigenvalue weighted by molar-refractivity contribution is 0.299. The Morgan fingerprint density at radius 1 is 0.833 bits per heavy atom. The molecule has 24 heavy (non-hydrogen) atoms. The molecule has 130 valence electrons. The summed E-state index contributed by atoms with van der Waals surface area (Å²) < 4.78 is 11.6. The van der Waals surface area contributed by atoms with Crippen LogP contribution in [-0.2, 0) is 13.1 Å². The second kappa shape index (κ2) is 9.99. The Labute approximate surface area is 146 Å². The Kier molecular flexibility index (Phi) is 7.63. The van der Waals surface area contributed by atoms with E-state index in [0.717, 1.165) is 50.6 Å². The predicted octanol–water partition coefficient (Wildman–Crippen LogP) is 4.86. The Bertz CT molecular complexity index is 608. The van der Waals surface area contributed by atoms with E-state index in [0.29, 0.717) is 0 Å². The normalized spacial score (nSPS) is 10.6. The van der Waals surface area contributed by atoms with Crippen LogP contribution in [0.1, 0.15) is 43.4 Å². The molecule has 0 atom stereocenters. The van der Waals surface area contributed by atoms with Gasteiger partial charge in [-0.1, -0.05) is 49.7 Å². The number of rotatable bonds is 10. The lowest BCUT2D eigenvalue weighted by Gasteiger charge is -2.14. The van der Waals surface area contributed by atoms with E-state index in [-0.39, 0.29) is 0 Å². The average molecular weight is 327 g/mol. The molecule has 3 nitrogen and oxygen atoms in total. The van der Waals surface area contributed by atoms with E-state index in [2.05, 4.69) is 56.4 Å². The highest BCUT2D eigenvalue weighted by atomic mass is 16.5. The highest BCUT2D eigenvalue weighted by Crippen LogP contribution is 2.25. The summed E-state index contributed by atoms with van der Waals surface area (Å²) in [6, 6.07) is 14.8. The van der Waals surface area contributed by atoms with Crippen LogP contribution in [0.25, 0.3) is 0 Å². The molecule has 0 spiro atoms. The molecule has 0 saturated heterocycles. The Hall–Kier alpha value is -2.00. The SMILES string of the molecule is CCCOc1ccc(CNCc2ccc(C)cc2)c(OCCC)c1. The van der Waals surface area contributed by atoms with E-state index >= 15 is 0 Å². The summed E-state index contributed by atoms with van der Waals surface area (Å²) in [6.07, 6.45) is 2.00. The van der Waals surface area contributed by atoms with Crippen molar-refractivity contribution < 1.29 is 9.47 Å². The van der Waals surface area contributed by atoms with Gasteiger partial charge in [-0.2, -0.15) is 0 Å². The third-order valence-corrected chi connectivity index (χ3v) is 3.74. The van der Waals surface area contributed by atoms with Crippen molar-refractivity contribution in [3.8, 4) is 11.5 Å². The van der Waals surface area contributed by atoms with Crippen LogP contribution in [-0.4, -0.2) is 13.2 Å². The van der Waals surface area contributed by atoms with Crippen LogP contribution in [0.2, 0.25) is 0 Å². The molecule has 0 aliphatic carbocycles. The zero-order valence-electron chi connectivity index (χ0n) is 15.1. The first-order chi connectivity index (χ1) is 11.7. The minimum Gasteiger partial charge on any atom is -0.493 e. The van der Waals surface area contributed by atoms with Crippen LogP contribution >= 0.6 is 0 Å². The molecule has 0 bridgehead atoms. The molecule has 0 aliphatic heterocycles. The quantitative estimate of drug-likeness (QED) is 0.676. The van der Waals surface area contributed by atoms with Crippen molar-refractivity contribution in [2.45, 2.75) is 46.7 Å². The Balaban J connectivity index is 1.97. The third kappa shape index (κ3) is 5.89. The summed E-state index contributed by atoms with van der Waals surface area (Å²) in [5.41, 5.74) is 3.75. The molecule has 0 saturated carbocycles. The van der Waals surface area contributed by atoms with Crippen molar-refractivity contribution >= 4 is 0 Å². The van der Waals surface area contributed by atoms with Crippen LogP contribution in [0.3, 0.4) is 0 Å². The maximum Gasteiger partial charge on any atom is 0.127 e. The highest BCUT2D eigenvalue weighted by Gasteiger charge is 2.06. The van der Waals surface area contributed by atoms with Gasteiger partial charge in [-0.15, -0.1) is 0 Å². The zero-order valence-corrected chi connectivity index (χ0v) is 15.1. The van der Waals surface area contributed by atoms with Crippen molar-refractivity contribution in [3.05, 3.63) is 59.2 Å². The van der Waals surface area contributed by atoms with Gasteiger partial charge in [0.05, 0.1) is 13.2 Å². The van der Waals surface area contributed by atoms with Gasteiger partial charge in [0.1, 0.15) is 11.5 Å². The van der Waals surface area contributed by atoms with Gasteiger partial charge in [-0.05, 0) is 31.4 Å². The van der Waals surface area contributed by atoms with Crippen molar-refractivity contribution in [1.82, 2.24) is 5.32 Å². The van der Waals surface area contributed by atoms with Gasteiger partial charge in [-0.3, -0.25) is 0 Å².